The average molecular weight is 308 g/mol. The molecular formula is C15H20N2O5. The Balaban J connectivity index is 2.20. The van der Waals surface area contributed by atoms with E-state index in [4.69, 9.17) is 9.47 Å². The highest BCUT2D eigenvalue weighted by atomic mass is 16.5. The molecule has 0 amide bonds. The Hall–Kier alpha value is -1.86. The molecule has 1 N–H and O–H groups in total. The topological polar surface area (TPSA) is 81.0 Å². The maximum absolute atomic E-state index is 12.3. The van der Waals surface area contributed by atoms with Crippen LogP contribution in [0.1, 0.15) is 35.4 Å². The zero-order valence-electron chi connectivity index (χ0n) is 12.7. The molecule has 0 spiro atoms. The molecule has 2 aliphatic heterocycles. The standard InChI is InChI=1S/C15H20N2O5/c1-3-16-7-11-14(21-2)13(18)9(15(19)20)6-17(11)10-4-5-22-8-12(10)16/h6,10,12H,3-5,7-8H2,1-2H3,(H,19,20)/t10-,12+/m0/s1. The number of pyridine rings is 1. The molecule has 2 aliphatic rings. The van der Waals surface area contributed by atoms with Crippen molar-refractivity contribution >= 4 is 5.97 Å². The summed E-state index contributed by atoms with van der Waals surface area (Å²) in [7, 11) is 1.41. The van der Waals surface area contributed by atoms with E-state index in [0.717, 1.165) is 18.7 Å². The van der Waals surface area contributed by atoms with Crippen molar-refractivity contribution in [1.82, 2.24) is 9.47 Å². The Bertz CT molecular complexity index is 654. The lowest BCUT2D eigenvalue weighted by molar-refractivity contribution is -0.0304. The Labute approximate surface area is 128 Å². The molecule has 0 saturated carbocycles. The molecule has 22 heavy (non-hydrogen) atoms. The first-order valence-electron chi connectivity index (χ1n) is 7.45. The van der Waals surface area contributed by atoms with Gasteiger partial charge in [0.05, 0.1) is 31.5 Å². The predicted octanol–water partition coefficient (Wildman–Crippen LogP) is 0.721. The summed E-state index contributed by atoms with van der Waals surface area (Å²) in [6.07, 6.45) is 2.26. The van der Waals surface area contributed by atoms with Crippen LogP contribution in [0.25, 0.3) is 0 Å². The van der Waals surface area contributed by atoms with Gasteiger partial charge in [-0.3, -0.25) is 9.69 Å². The SMILES string of the molecule is CCN1Cc2c(OC)c(=O)c(C(=O)O)cn2[C@H]2CCOC[C@H]21. The van der Waals surface area contributed by atoms with Crippen LogP contribution >= 0.6 is 0 Å². The average Bonchev–Trinajstić information content (AvgIpc) is 2.53. The van der Waals surface area contributed by atoms with Crippen molar-refractivity contribution in [3.05, 3.63) is 27.7 Å². The van der Waals surface area contributed by atoms with E-state index in [1.807, 2.05) is 4.57 Å². The van der Waals surface area contributed by atoms with Gasteiger partial charge in [0.2, 0.25) is 5.43 Å². The van der Waals surface area contributed by atoms with Gasteiger partial charge < -0.3 is 19.1 Å². The van der Waals surface area contributed by atoms with Crippen LogP contribution in [-0.4, -0.2) is 53.5 Å². The van der Waals surface area contributed by atoms with E-state index >= 15 is 0 Å². The molecular weight excluding hydrogens is 288 g/mol. The van der Waals surface area contributed by atoms with Crippen LogP contribution in [-0.2, 0) is 11.3 Å². The number of nitrogens with zero attached hydrogens (tertiary/aromatic N) is 2. The van der Waals surface area contributed by atoms with Gasteiger partial charge in [-0.15, -0.1) is 0 Å². The second-order valence-corrected chi connectivity index (χ2v) is 5.63. The monoisotopic (exact) mass is 308 g/mol. The van der Waals surface area contributed by atoms with Gasteiger partial charge in [0.1, 0.15) is 5.56 Å². The minimum atomic E-state index is -1.22. The lowest BCUT2D eigenvalue weighted by Crippen LogP contribution is -2.52. The molecule has 0 unspecified atom stereocenters. The van der Waals surface area contributed by atoms with E-state index in [1.165, 1.54) is 13.3 Å². The third-order valence-corrected chi connectivity index (χ3v) is 4.60. The minimum Gasteiger partial charge on any atom is -0.491 e. The van der Waals surface area contributed by atoms with Crippen molar-refractivity contribution in [3.8, 4) is 5.75 Å². The maximum atomic E-state index is 12.3. The molecule has 1 saturated heterocycles. The first-order chi connectivity index (χ1) is 10.6. The number of rotatable bonds is 3. The highest BCUT2D eigenvalue weighted by Gasteiger charge is 2.38. The maximum Gasteiger partial charge on any atom is 0.341 e. The van der Waals surface area contributed by atoms with Crippen LogP contribution in [0.2, 0.25) is 0 Å². The summed E-state index contributed by atoms with van der Waals surface area (Å²) in [5.41, 5.74) is -0.0406. The molecule has 7 nitrogen and oxygen atoms in total. The van der Waals surface area contributed by atoms with Gasteiger partial charge in [-0.25, -0.2) is 4.79 Å². The Morgan fingerprint density at radius 2 is 2.27 bits per heavy atom. The fourth-order valence-corrected chi connectivity index (χ4v) is 3.50. The minimum absolute atomic E-state index is 0.102. The van der Waals surface area contributed by atoms with Crippen molar-refractivity contribution in [2.75, 3.05) is 26.9 Å². The van der Waals surface area contributed by atoms with E-state index in [1.54, 1.807) is 0 Å². The van der Waals surface area contributed by atoms with Gasteiger partial charge in [0.25, 0.3) is 0 Å². The number of likely N-dealkylation sites (N-methyl/N-ethyl adjacent to an activating group) is 1. The zero-order valence-corrected chi connectivity index (χ0v) is 12.7. The van der Waals surface area contributed by atoms with Crippen LogP contribution in [0.4, 0.5) is 0 Å². The van der Waals surface area contributed by atoms with E-state index in [2.05, 4.69) is 11.8 Å². The highest BCUT2D eigenvalue weighted by molar-refractivity contribution is 5.87. The normalized spacial score (nSPS) is 24.5. The van der Waals surface area contributed by atoms with Gasteiger partial charge in [0, 0.05) is 19.3 Å². The zero-order chi connectivity index (χ0) is 15.9. The molecule has 120 valence electrons. The summed E-state index contributed by atoms with van der Waals surface area (Å²) < 4.78 is 12.8. The first-order valence-corrected chi connectivity index (χ1v) is 7.45. The summed E-state index contributed by atoms with van der Waals surface area (Å²) in [5.74, 6) is -1.08. The molecule has 1 fully saturated rings. The fourth-order valence-electron chi connectivity index (χ4n) is 3.50. The number of aromatic carboxylic acids is 1. The number of methoxy groups -OCH3 is 1. The number of hydrogen-bond acceptors (Lipinski definition) is 5. The van der Waals surface area contributed by atoms with Gasteiger partial charge in [-0.2, -0.15) is 0 Å². The third kappa shape index (κ3) is 2.21. The molecule has 1 aromatic heterocycles. The van der Waals surface area contributed by atoms with Gasteiger partial charge in [0.15, 0.2) is 5.75 Å². The van der Waals surface area contributed by atoms with Crippen LogP contribution in [0.3, 0.4) is 0 Å². The van der Waals surface area contributed by atoms with Crippen LogP contribution in [0, 0.1) is 0 Å². The third-order valence-electron chi connectivity index (χ3n) is 4.60. The van der Waals surface area contributed by atoms with E-state index in [-0.39, 0.29) is 23.4 Å². The second-order valence-electron chi connectivity index (χ2n) is 5.63. The van der Waals surface area contributed by atoms with E-state index in [9.17, 15) is 14.7 Å². The smallest absolute Gasteiger partial charge is 0.341 e. The number of carbonyl (C=O) groups is 1. The first kappa shape index (κ1) is 15.1. The molecule has 7 heteroatoms. The molecule has 0 bridgehead atoms. The Kier molecular flexibility index (Phi) is 3.92. The number of fused-ring (bicyclic) bond motifs is 3. The molecule has 3 rings (SSSR count). The van der Waals surface area contributed by atoms with Crippen LogP contribution in [0.15, 0.2) is 11.0 Å². The summed E-state index contributed by atoms with van der Waals surface area (Å²) in [6.45, 7) is 4.71. The predicted molar refractivity (Wildman–Crippen MR) is 78.6 cm³/mol. The van der Waals surface area contributed by atoms with Gasteiger partial charge in [-0.1, -0.05) is 6.92 Å². The molecule has 0 radical (unpaired) electrons. The highest BCUT2D eigenvalue weighted by Crippen LogP contribution is 2.35. The van der Waals surface area contributed by atoms with Crippen molar-refractivity contribution in [1.29, 1.82) is 0 Å². The molecule has 0 aliphatic carbocycles. The number of ether oxygens (including phenoxy) is 2. The fraction of sp³-hybridized carbons (Fsp3) is 0.600. The lowest BCUT2D eigenvalue weighted by Gasteiger charge is -2.45. The number of carboxylic acid groups (broad SMARTS) is 1. The van der Waals surface area contributed by atoms with Crippen molar-refractivity contribution in [3.63, 3.8) is 0 Å². The van der Waals surface area contributed by atoms with Gasteiger partial charge >= 0.3 is 5.97 Å². The van der Waals surface area contributed by atoms with E-state index < -0.39 is 11.4 Å². The summed E-state index contributed by atoms with van der Waals surface area (Å²) >= 11 is 0. The molecule has 2 atom stereocenters. The number of carboxylic acids is 1. The van der Waals surface area contributed by atoms with Crippen molar-refractivity contribution < 1.29 is 19.4 Å². The quantitative estimate of drug-likeness (QED) is 0.886. The van der Waals surface area contributed by atoms with Crippen molar-refractivity contribution in [2.24, 2.45) is 0 Å². The molecule has 1 aromatic rings. The largest absolute Gasteiger partial charge is 0.491 e. The summed E-state index contributed by atoms with van der Waals surface area (Å²) in [6, 6.07) is 0.296. The number of hydrogen-bond donors (Lipinski definition) is 1. The van der Waals surface area contributed by atoms with Crippen molar-refractivity contribution in [2.45, 2.75) is 32.0 Å². The lowest BCUT2D eigenvalue weighted by atomic mass is 9.96. The molecule has 0 aromatic carbocycles. The Morgan fingerprint density at radius 1 is 1.50 bits per heavy atom. The Morgan fingerprint density at radius 3 is 2.91 bits per heavy atom. The second kappa shape index (κ2) is 5.73. The number of aromatic nitrogens is 1. The van der Waals surface area contributed by atoms with Gasteiger partial charge in [-0.05, 0) is 13.0 Å². The van der Waals surface area contributed by atoms with E-state index in [0.29, 0.717) is 19.8 Å². The van der Waals surface area contributed by atoms with Crippen LogP contribution < -0.4 is 10.2 Å². The summed E-state index contributed by atoms with van der Waals surface area (Å²) in [5, 5.41) is 9.28. The molecule has 3 heterocycles. The summed E-state index contributed by atoms with van der Waals surface area (Å²) in [4.78, 5) is 25.9. The van der Waals surface area contributed by atoms with Crippen LogP contribution in [0.5, 0.6) is 5.75 Å².